The molecule has 0 amide bonds. The van der Waals surface area contributed by atoms with E-state index < -0.39 is 6.10 Å². The zero-order chi connectivity index (χ0) is 8.55. The van der Waals surface area contributed by atoms with E-state index >= 15 is 0 Å². The molecule has 1 aromatic rings. The third-order valence-electron chi connectivity index (χ3n) is 2.08. The number of hydrogen-bond acceptors (Lipinski definition) is 4. The van der Waals surface area contributed by atoms with Gasteiger partial charge in [-0.25, -0.2) is 4.98 Å². The van der Waals surface area contributed by atoms with Crippen molar-refractivity contribution in [1.82, 2.24) is 15.2 Å². The fraction of sp³-hybridized carbons (Fsp3) is 0.714. The average Bonchev–Trinajstić information content (AvgIpc) is 2.82. The first-order valence-corrected chi connectivity index (χ1v) is 4.10. The van der Waals surface area contributed by atoms with E-state index in [0.29, 0.717) is 24.1 Å². The Labute approximate surface area is 82.2 Å². The van der Waals surface area contributed by atoms with Crippen molar-refractivity contribution in [1.29, 1.82) is 0 Å². The molecular formula is C7H13ClN4O. The van der Waals surface area contributed by atoms with E-state index in [9.17, 15) is 5.11 Å². The number of hydrogen-bond donors (Lipinski definition) is 3. The molecule has 0 radical (unpaired) electrons. The van der Waals surface area contributed by atoms with E-state index in [1.165, 1.54) is 0 Å². The second-order valence-electron chi connectivity index (χ2n) is 3.13. The molecule has 1 fully saturated rings. The van der Waals surface area contributed by atoms with Crippen molar-refractivity contribution in [2.45, 2.75) is 25.5 Å². The van der Waals surface area contributed by atoms with Crippen LogP contribution in [0.1, 0.15) is 30.6 Å². The molecule has 2 rings (SSSR count). The van der Waals surface area contributed by atoms with Gasteiger partial charge in [-0.15, -0.1) is 12.4 Å². The number of aromatic nitrogens is 3. The predicted molar refractivity (Wildman–Crippen MR) is 49.2 cm³/mol. The predicted octanol–water partition coefficient (Wildman–Crippen LogP) is 0.129. The fourth-order valence-corrected chi connectivity index (χ4v) is 1.16. The maximum Gasteiger partial charge on any atom is 0.179 e. The number of nitrogens with zero attached hydrogens (tertiary/aromatic N) is 2. The number of nitrogens with one attached hydrogen (secondary N) is 1. The van der Waals surface area contributed by atoms with E-state index in [4.69, 9.17) is 5.73 Å². The summed E-state index contributed by atoms with van der Waals surface area (Å²) in [5.41, 5.74) is 5.34. The van der Waals surface area contributed by atoms with Gasteiger partial charge < -0.3 is 10.8 Å². The molecule has 1 heterocycles. The van der Waals surface area contributed by atoms with E-state index in [-0.39, 0.29) is 12.4 Å². The third kappa shape index (κ3) is 2.18. The summed E-state index contributed by atoms with van der Waals surface area (Å²) in [6, 6.07) is 0. The molecule has 6 heteroatoms. The highest BCUT2D eigenvalue weighted by Crippen LogP contribution is 2.39. The second-order valence-corrected chi connectivity index (χ2v) is 3.13. The van der Waals surface area contributed by atoms with Gasteiger partial charge in [0.25, 0.3) is 0 Å². The van der Waals surface area contributed by atoms with Gasteiger partial charge in [-0.3, -0.25) is 5.10 Å². The van der Waals surface area contributed by atoms with Crippen LogP contribution in [0.2, 0.25) is 0 Å². The lowest BCUT2D eigenvalue weighted by Gasteiger charge is -2.01. The Morgan fingerprint density at radius 1 is 1.62 bits per heavy atom. The summed E-state index contributed by atoms with van der Waals surface area (Å²) in [7, 11) is 0. The minimum atomic E-state index is -0.499. The van der Waals surface area contributed by atoms with Crippen molar-refractivity contribution in [3.05, 3.63) is 11.6 Å². The van der Waals surface area contributed by atoms with E-state index in [1.807, 2.05) is 0 Å². The molecule has 1 aliphatic rings. The highest BCUT2D eigenvalue weighted by Gasteiger charge is 2.33. The number of aromatic amines is 1. The molecule has 0 saturated heterocycles. The molecule has 0 spiro atoms. The minimum absolute atomic E-state index is 0. The van der Waals surface area contributed by atoms with Crippen LogP contribution in [-0.4, -0.2) is 20.3 Å². The van der Waals surface area contributed by atoms with Gasteiger partial charge >= 0.3 is 0 Å². The highest BCUT2D eigenvalue weighted by atomic mass is 35.5. The normalized spacial score (nSPS) is 18.0. The molecule has 4 N–H and O–H groups in total. The van der Waals surface area contributed by atoms with Crippen LogP contribution >= 0.6 is 12.4 Å². The van der Waals surface area contributed by atoms with Crippen molar-refractivity contribution >= 4 is 12.4 Å². The topological polar surface area (TPSA) is 87.8 Å². The second kappa shape index (κ2) is 4.04. The molecule has 0 aromatic carbocycles. The van der Waals surface area contributed by atoms with E-state index in [2.05, 4.69) is 15.2 Å². The summed E-state index contributed by atoms with van der Waals surface area (Å²) in [4.78, 5) is 4.05. The first-order chi connectivity index (χ1) is 5.81. The third-order valence-corrected chi connectivity index (χ3v) is 2.08. The first kappa shape index (κ1) is 10.4. The van der Waals surface area contributed by atoms with Crippen molar-refractivity contribution in [2.24, 2.45) is 11.7 Å². The average molecular weight is 205 g/mol. The summed E-state index contributed by atoms with van der Waals surface area (Å²) in [5, 5.41) is 16.1. The highest BCUT2D eigenvalue weighted by molar-refractivity contribution is 5.85. The van der Waals surface area contributed by atoms with Crippen molar-refractivity contribution < 1.29 is 5.11 Å². The molecule has 1 aliphatic carbocycles. The van der Waals surface area contributed by atoms with Gasteiger partial charge in [-0.2, -0.15) is 5.10 Å². The van der Waals surface area contributed by atoms with Crippen LogP contribution in [0.4, 0.5) is 0 Å². The van der Waals surface area contributed by atoms with Crippen molar-refractivity contribution in [3.63, 3.8) is 0 Å². The lowest BCUT2D eigenvalue weighted by atomic mass is 10.2. The smallest absolute Gasteiger partial charge is 0.179 e. The number of aliphatic hydroxyl groups excluding tert-OH is 1. The molecule has 0 aliphatic heterocycles. The van der Waals surface area contributed by atoms with Crippen LogP contribution in [0.5, 0.6) is 0 Å². The standard InChI is InChI=1S/C7H12N4O.ClH/c8-3-5-9-7(11-10-5)6(12)4-1-2-4;/h4,6,12H,1-3,8H2,(H,9,10,11);1H. The van der Waals surface area contributed by atoms with Gasteiger partial charge in [0.2, 0.25) is 0 Å². The van der Waals surface area contributed by atoms with Gasteiger partial charge in [0.1, 0.15) is 11.9 Å². The monoisotopic (exact) mass is 204 g/mol. The van der Waals surface area contributed by atoms with Gasteiger partial charge in [0.05, 0.1) is 6.54 Å². The molecule has 74 valence electrons. The van der Waals surface area contributed by atoms with Gasteiger partial charge in [0, 0.05) is 0 Å². The van der Waals surface area contributed by atoms with Gasteiger partial charge in [0.15, 0.2) is 5.82 Å². The zero-order valence-corrected chi connectivity index (χ0v) is 7.92. The summed E-state index contributed by atoms with van der Waals surface area (Å²) in [5.74, 6) is 1.48. The minimum Gasteiger partial charge on any atom is -0.385 e. The largest absolute Gasteiger partial charge is 0.385 e. The quantitative estimate of drug-likeness (QED) is 0.653. The molecule has 1 aromatic heterocycles. The van der Waals surface area contributed by atoms with E-state index in [1.54, 1.807) is 0 Å². The molecule has 1 atom stereocenters. The SMILES string of the molecule is Cl.NCc1nc(C(O)C2CC2)n[nH]1. The van der Waals surface area contributed by atoms with Gasteiger partial charge in [-0.05, 0) is 18.8 Å². The lowest BCUT2D eigenvalue weighted by molar-refractivity contribution is 0.144. The fourth-order valence-electron chi connectivity index (χ4n) is 1.16. The summed E-state index contributed by atoms with van der Waals surface area (Å²) in [6.45, 7) is 0.338. The van der Waals surface area contributed by atoms with E-state index in [0.717, 1.165) is 12.8 Å². The van der Waals surface area contributed by atoms with Crippen LogP contribution in [0.3, 0.4) is 0 Å². The number of halogens is 1. The van der Waals surface area contributed by atoms with Crippen LogP contribution in [-0.2, 0) is 6.54 Å². The van der Waals surface area contributed by atoms with Gasteiger partial charge in [-0.1, -0.05) is 0 Å². The lowest BCUT2D eigenvalue weighted by Crippen LogP contribution is -2.03. The Morgan fingerprint density at radius 2 is 2.31 bits per heavy atom. The number of rotatable bonds is 3. The Kier molecular flexibility index (Phi) is 3.24. The summed E-state index contributed by atoms with van der Waals surface area (Å²) < 4.78 is 0. The Bertz CT molecular complexity index is 273. The maximum atomic E-state index is 9.58. The molecular weight excluding hydrogens is 192 g/mol. The number of H-pyrrole nitrogens is 1. The molecule has 1 saturated carbocycles. The van der Waals surface area contributed by atoms with Crippen LogP contribution in [0.15, 0.2) is 0 Å². The number of aliphatic hydroxyl groups is 1. The van der Waals surface area contributed by atoms with Crippen LogP contribution < -0.4 is 5.73 Å². The number of nitrogens with two attached hydrogens (primary N) is 1. The van der Waals surface area contributed by atoms with Crippen LogP contribution in [0.25, 0.3) is 0 Å². The molecule has 13 heavy (non-hydrogen) atoms. The Morgan fingerprint density at radius 3 is 2.77 bits per heavy atom. The zero-order valence-electron chi connectivity index (χ0n) is 7.10. The molecule has 5 nitrogen and oxygen atoms in total. The Balaban J connectivity index is 0.000000845. The van der Waals surface area contributed by atoms with Crippen molar-refractivity contribution in [3.8, 4) is 0 Å². The van der Waals surface area contributed by atoms with Crippen LogP contribution in [0, 0.1) is 5.92 Å². The Hall–Kier alpha value is -0.650. The molecule has 0 bridgehead atoms. The van der Waals surface area contributed by atoms with Crippen molar-refractivity contribution in [2.75, 3.05) is 0 Å². The molecule has 1 unspecified atom stereocenters. The maximum absolute atomic E-state index is 9.58. The summed E-state index contributed by atoms with van der Waals surface area (Å²) in [6.07, 6.45) is 1.66. The summed E-state index contributed by atoms with van der Waals surface area (Å²) >= 11 is 0. The first-order valence-electron chi connectivity index (χ1n) is 4.10.